The SMILES string of the molecule is CCOCCN(C)CC(C)(NC)C(=O)OC. The maximum Gasteiger partial charge on any atom is 0.327 e. The Labute approximate surface area is 98.1 Å². The fourth-order valence-electron chi connectivity index (χ4n) is 1.45. The molecule has 0 aromatic heterocycles. The van der Waals surface area contributed by atoms with Crippen molar-refractivity contribution in [2.24, 2.45) is 0 Å². The summed E-state index contributed by atoms with van der Waals surface area (Å²) in [6, 6.07) is 0. The maximum absolute atomic E-state index is 11.6. The van der Waals surface area contributed by atoms with Crippen LogP contribution in [-0.2, 0) is 14.3 Å². The number of hydrogen-bond donors (Lipinski definition) is 1. The second kappa shape index (κ2) is 7.60. The van der Waals surface area contributed by atoms with Gasteiger partial charge in [-0.3, -0.25) is 4.79 Å². The highest BCUT2D eigenvalue weighted by molar-refractivity contribution is 5.80. The number of carbonyl (C=O) groups is 1. The summed E-state index contributed by atoms with van der Waals surface area (Å²) in [6.07, 6.45) is 0. The van der Waals surface area contributed by atoms with Crippen LogP contribution < -0.4 is 5.32 Å². The highest BCUT2D eigenvalue weighted by Gasteiger charge is 2.33. The molecule has 1 atom stereocenters. The van der Waals surface area contributed by atoms with Crippen molar-refractivity contribution >= 4 is 5.97 Å². The van der Waals surface area contributed by atoms with E-state index in [-0.39, 0.29) is 5.97 Å². The van der Waals surface area contributed by atoms with Gasteiger partial charge >= 0.3 is 5.97 Å². The molecule has 1 N–H and O–H groups in total. The van der Waals surface area contributed by atoms with E-state index in [1.807, 2.05) is 25.8 Å². The molecule has 0 saturated carbocycles. The van der Waals surface area contributed by atoms with E-state index in [2.05, 4.69) is 5.32 Å². The Morgan fingerprint density at radius 1 is 1.50 bits per heavy atom. The van der Waals surface area contributed by atoms with E-state index in [1.165, 1.54) is 7.11 Å². The number of rotatable bonds is 8. The fourth-order valence-corrected chi connectivity index (χ4v) is 1.45. The molecule has 1 unspecified atom stereocenters. The Morgan fingerprint density at radius 2 is 2.12 bits per heavy atom. The molecule has 0 rings (SSSR count). The van der Waals surface area contributed by atoms with Gasteiger partial charge in [0, 0.05) is 19.7 Å². The third kappa shape index (κ3) is 4.92. The van der Waals surface area contributed by atoms with Crippen LogP contribution in [0.3, 0.4) is 0 Å². The predicted octanol–water partition coefficient (Wildman–Crippen LogP) is 0.106. The molecule has 0 heterocycles. The van der Waals surface area contributed by atoms with Crippen LogP contribution in [-0.4, -0.2) is 63.9 Å². The molecule has 0 spiro atoms. The summed E-state index contributed by atoms with van der Waals surface area (Å²) in [6.45, 7) is 6.57. The summed E-state index contributed by atoms with van der Waals surface area (Å²) in [5, 5.41) is 2.99. The van der Waals surface area contributed by atoms with E-state index in [9.17, 15) is 4.79 Å². The first kappa shape index (κ1) is 15.3. The molecule has 0 aliphatic carbocycles. The molecule has 96 valence electrons. The van der Waals surface area contributed by atoms with Crippen molar-refractivity contribution in [3.05, 3.63) is 0 Å². The fraction of sp³-hybridized carbons (Fsp3) is 0.909. The average Bonchev–Trinajstić information content (AvgIpc) is 2.28. The van der Waals surface area contributed by atoms with E-state index in [4.69, 9.17) is 9.47 Å². The van der Waals surface area contributed by atoms with Gasteiger partial charge in [0.2, 0.25) is 0 Å². The molecule has 5 heteroatoms. The van der Waals surface area contributed by atoms with Crippen LogP contribution >= 0.6 is 0 Å². The summed E-state index contributed by atoms with van der Waals surface area (Å²) >= 11 is 0. The second-order valence-electron chi connectivity index (χ2n) is 4.01. The zero-order valence-electron chi connectivity index (χ0n) is 11.0. The Hall–Kier alpha value is -0.650. The van der Waals surface area contributed by atoms with Crippen LogP contribution in [0.2, 0.25) is 0 Å². The first-order valence-corrected chi connectivity index (χ1v) is 5.53. The van der Waals surface area contributed by atoms with Gasteiger partial charge in [0.05, 0.1) is 13.7 Å². The van der Waals surface area contributed by atoms with Crippen LogP contribution in [0.5, 0.6) is 0 Å². The van der Waals surface area contributed by atoms with Gasteiger partial charge in [0.25, 0.3) is 0 Å². The molecule has 5 nitrogen and oxygen atoms in total. The van der Waals surface area contributed by atoms with Crippen molar-refractivity contribution < 1.29 is 14.3 Å². The summed E-state index contributed by atoms with van der Waals surface area (Å²) in [7, 11) is 5.11. The lowest BCUT2D eigenvalue weighted by Gasteiger charge is -2.30. The topological polar surface area (TPSA) is 50.8 Å². The van der Waals surface area contributed by atoms with Crippen LogP contribution in [0.1, 0.15) is 13.8 Å². The third-order valence-corrected chi connectivity index (χ3v) is 2.60. The normalized spacial score (nSPS) is 14.9. The van der Waals surface area contributed by atoms with E-state index in [0.717, 1.165) is 6.54 Å². The molecule has 0 aromatic carbocycles. The molecule has 0 fully saturated rings. The van der Waals surface area contributed by atoms with Gasteiger partial charge in [-0.05, 0) is 27.9 Å². The molecule has 0 radical (unpaired) electrons. The van der Waals surface area contributed by atoms with E-state index < -0.39 is 5.54 Å². The van der Waals surface area contributed by atoms with Gasteiger partial charge in [-0.25, -0.2) is 0 Å². The summed E-state index contributed by atoms with van der Waals surface area (Å²) in [5.74, 6) is -0.252. The lowest BCUT2D eigenvalue weighted by Crippen LogP contribution is -2.55. The molecule has 0 aliphatic rings. The number of nitrogens with zero attached hydrogens (tertiary/aromatic N) is 1. The van der Waals surface area contributed by atoms with Crippen molar-refractivity contribution in [1.82, 2.24) is 10.2 Å². The smallest absolute Gasteiger partial charge is 0.327 e. The average molecular weight is 232 g/mol. The van der Waals surface area contributed by atoms with Gasteiger partial charge in [0.1, 0.15) is 5.54 Å². The lowest BCUT2D eigenvalue weighted by atomic mass is 10.0. The first-order chi connectivity index (χ1) is 7.50. The van der Waals surface area contributed by atoms with Crippen LogP contribution in [0, 0.1) is 0 Å². The number of nitrogens with one attached hydrogen (secondary N) is 1. The molecule has 0 aliphatic heterocycles. The summed E-state index contributed by atoms with van der Waals surface area (Å²) in [5.41, 5.74) is -0.671. The lowest BCUT2D eigenvalue weighted by molar-refractivity contribution is -0.148. The number of likely N-dealkylation sites (N-methyl/N-ethyl adjacent to an activating group) is 2. The van der Waals surface area contributed by atoms with Crippen molar-refractivity contribution in [3.63, 3.8) is 0 Å². The van der Waals surface area contributed by atoms with Crippen LogP contribution in [0.25, 0.3) is 0 Å². The second-order valence-corrected chi connectivity index (χ2v) is 4.01. The molecule has 0 amide bonds. The predicted molar refractivity (Wildman–Crippen MR) is 63.5 cm³/mol. The largest absolute Gasteiger partial charge is 0.468 e. The van der Waals surface area contributed by atoms with Crippen molar-refractivity contribution in [2.45, 2.75) is 19.4 Å². The van der Waals surface area contributed by atoms with Gasteiger partial charge < -0.3 is 19.7 Å². The molecule has 0 aromatic rings. The van der Waals surface area contributed by atoms with Crippen molar-refractivity contribution in [1.29, 1.82) is 0 Å². The van der Waals surface area contributed by atoms with Gasteiger partial charge in [-0.2, -0.15) is 0 Å². The van der Waals surface area contributed by atoms with Gasteiger partial charge in [-0.1, -0.05) is 0 Å². The zero-order valence-corrected chi connectivity index (χ0v) is 11.0. The molecule has 16 heavy (non-hydrogen) atoms. The number of carbonyl (C=O) groups excluding carboxylic acids is 1. The molecular weight excluding hydrogens is 208 g/mol. The number of esters is 1. The number of hydrogen-bond acceptors (Lipinski definition) is 5. The first-order valence-electron chi connectivity index (χ1n) is 5.53. The molecular formula is C11H24N2O3. The van der Waals surface area contributed by atoms with Crippen molar-refractivity contribution in [3.8, 4) is 0 Å². The van der Waals surface area contributed by atoms with E-state index in [0.29, 0.717) is 19.8 Å². The number of methoxy groups -OCH3 is 1. The summed E-state index contributed by atoms with van der Waals surface area (Å²) in [4.78, 5) is 13.6. The van der Waals surface area contributed by atoms with Crippen LogP contribution in [0.4, 0.5) is 0 Å². The minimum absolute atomic E-state index is 0.252. The minimum atomic E-state index is -0.671. The minimum Gasteiger partial charge on any atom is -0.468 e. The maximum atomic E-state index is 11.6. The Morgan fingerprint density at radius 3 is 2.56 bits per heavy atom. The monoisotopic (exact) mass is 232 g/mol. The highest BCUT2D eigenvalue weighted by atomic mass is 16.5. The standard InChI is InChI=1S/C11H24N2O3/c1-6-16-8-7-13(4)9-11(2,12-3)10(14)15-5/h12H,6-9H2,1-5H3. The quantitative estimate of drug-likeness (QED) is 0.475. The van der Waals surface area contributed by atoms with Gasteiger partial charge in [-0.15, -0.1) is 0 Å². The Kier molecular flexibility index (Phi) is 7.29. The molecule has 0 bridgehead atoms. The Balaban J connectivity index is 4.14. The number of ether oxygens (including phenoxy) is 2. The zero-order chi connectivity index (χ0) is 12.6. The third-order valence-electron chi connectivity index (χ3n) is 2.60. The Bertz CT molecular complexity index is 211. The highest BCUT2D eigenvalue weighted by Crippen LogP contribution is 2.07. The van der Waals surface area contributed by atoms with E-state index in [1.54, 1.807) is 7.05 Å². The van der Waals surface area contributed by atoms with E-state index >= 15 is 0 Å². The van der Waals surface area contributed by atoms with Gasteiger partial charge in [0.15, 0.2) is 0 Å². The molecule has 0 saturated heterocycles. The summed E-state index contributed by atoms with van der Waals surface area (Å²) < 4.78 is 10.0. The van der Waals surface area contributed by atoms with Crippen LogP contribution in [0.15, 0.2) is 0 Å². The van der Waals surface area contributed by atoms with Crippen molar-refractivity contribution in [2.75, 3.05) is 47.5 Å².